The summed E-state index contributed by atoms with van der Waals surface area (Å²) in [5.41, 5.74) is 0.573. The van der Waals surface area contributed by atoms with Gasteiger partial charge in [0.05, 0.1) is 12.3 Å². The summed E-state index contributed by atoms with van der Waals surface area (Å²) in [6.07, 6.45) is 2.36. The highest BCUT2D eigenvalue weighted by Crippen LogP contribution is 2.45. The molecule has 0 radical (unpaired) electrons. The van der Waals surface area contributed by atoms with Crippen molar-refractivity contribution in [3.63, 3.8) is 0 Å². The Balaban J connectivity index is 1.43. The van der Waals surface area contributed by atoms with Gasteiger partial charge < -0.3 is 10.0 Å². The largest absolute Gasteiger partial charge is 0.502 e. The lowest BCUT2D eigenvalue weighted by molar-refractivity contribution is 0.0165. The van der Waals surface area contributed by atoms with Crippen LogP contribution in [0.15, 0.2) is 58.4 Å². The van der Waals surface area contributed by atoms with E-state index >= 15 is 4.39 Å². The number of hydrogen-bond donors (Lipinski definition) is 2. The zero-order chi connectivity index (χ0) is 29.5. The molecule has 4 atom stereocenters. The van der Waals surface area contributed by atoms with Crippen molar-refractivity contribution in [3.8, 4) is 5.75 Å². The van der Waals surface area contributed by atoms with E-state index in [0.29, 0.717) is 25.1 Å². The van der Waals surface area contributed by atoms with Crippen molar-refractivity contribution in [1.82, 2.24) is 19.2 Å². The summed E-state index contributed by atoms with van der Waals surface area (Å²) in [7, 11) is -3.46. The SMILES string of the molecule is CS(=O)(=O)NC1CC2CN3C(=O)c4c(O)c(=O)ccn4N([C@@H]4c5ccccc5SCc5c4ccc(F)c5F)[C@@H]3CN2C1. The molecule has 5 heterocycles. The summed E-state index contributed by atoms with van der Waals surface area (Å²) >= 11 is 1.38. The molecule has 42 heavy (non-hydrogen) atoms. The second-order valence-corrected chi connectivity index (χ2v) is 13.9. The first kappa shape index (κ1) is 27.4. The van der Waals surface area contributed by atoms with Crippen molar-refractivity contribution in [2.45, 2.75) is 41.4 Å². The number of piperazine rings is 1. The summed E-state index contributed by atoms with van der Waals surface area (Å²) in [4.78, 5) is 31.1. The van der Waals surface area contributed by atoms with Gasteiger partial charge in [0.25, 0.3) is 5.91 Å². The fourth-order valence-corrected chi connectivity index (χ4v) is 8.71. The first-order valence-corrected chi connectivity index (χ1v) is 16.3. The van der Waals surface area contributed by atoms with Crippen LogP contribution in [-0.4, -0.2) is 78.0 Å². The molecule has 2 fully saturated rings. The van der Waals surface area contributed by atoms with Gasteiger partial charge in [-0.05, 0) is 29.7 Å². The van der Waals surface area contributed by atoms with Gasteiger partial charge in [0.2, 0.25) is 15.5 Å². The zero-order valence-electron chi connectivity index (χ0n) is 22.4. The molecule has 0 bridgehead atoms. The van der Waals surface area contributed by atoms with Crippen LogP contribution in [0.25, 0.3) is 0 Å². The van der Waals surface area contributed by atoms with Gasteiger partial charge in [-0.15, -0.1) is 11.8 Å². The van der Waals surface area contributed by atoms with Crippen molar-refractivity contribution in [2.24, 2.45) is 0 Å². The van der Waals surface area contributed by atoms with Crippen LogP contribution in [0, 0.1) is 11.6 Å². The van der Waals surface area contributed by atoms with Gasteiger partial charge in [-0.25, -0.2) is 21.9 Å². The average molecular weight is 616 g/mol. The molecule has 0 saturated carbocycles. The summed E-state index contributed by atoms with van der Waals surface area (Å²) in [6, 6.07) is 10.1. The molecule has 0 spiro atoms. The molecule has 0 aliphatic carbocycles. The molecule has 2 saturated heterocycles. The number of aromatic hydroxyl groups is 1. The van der Waals surface area contributed by atoms with Crippen LogP contribution in [0.1, 0.15) is 39.6 Å². The maximum absolute atomic E-state index is 15.4. The number of amides is 1. The molecule has 4 aliphatic heterocycles. The van der Waals surface area contributed by atoms with Gasteiger partial charge in [-0.3, -0.25) is 24.2 Å². The molecule has 3 aromatic rings. The zero-order valence-corrected chi connectivity index (χ0v) is 24.0. The van der Waals surface area contributed by atoms with Crippen LogP contribution in [-0.2, 0) is 15.8 Å². The quantitative estimate of drug-likeness (QED) is 0.460. The van der Waals surface area contributed by atoms with E-state index in [0.717, 1.165) is 22.8 Å². The fraction of sp³-hybridized carbons (Fsp3) is 0.357. The van der Waals surface area contributed by atoms with Crippen LogP contribution >= 0.6 is 11.8 Å². The van der Waals surface area contributed by atoms with E-state index < -0.39 is 51.0 Å². The molecule has 4 aliphatic rings. The highest BCUT2D eigenvalue weighted by Gasteiger charge is 2.51. The molecule has 2 aromatic carbocycles. The maximum atomic E-state index is 15.4. The minimum absolute atomic E-state index is 0.161. The number of thioether (sulfide) groups is 1. The molecule has 1 amide bonds. The second kappa shape index (κ2) is 9.79. The predicted octanol–water partition coefficient (Wildman–Crippen LogP) is 1.95. The van der Waals surface area contributed by atoms with E-state index in [-0.39, 0.29) is 35.6 Å². The van der Waals surface area contributed by atoms with Gasteiger partial charge in [0, 0.05) is 60.2 Å². The normalized spacial score (nSPS) is 25.3. The molecule has 14 heteroatoms. The Morgan fingerprint density at radius 2 is 1.81 bits per heavy atom. The number of benzene rings is 2. The van der Waals surface area contributed by atoms with Crippen LogP contribution in [0.2, 0.25) is 0 Å². The highest BCUT2D eigenvalue weighted by atomic mass is 32.2. The number of carbonyl (C=O) groups is 1. The number of hydrogen-bond acceptors (Lipinski definition) is 8. The van der Waals surface area contributed by atoms with Gasteiger partial charge in [-0.2, -0.15) is 0 Å². The number of aromatic nitrogens is 1. The molecule has 1 aromatic heterocycles. The van der Waals surface area contributed by atoms with Crippen molar-refractivity contribution >= 4 is 27.7 Å². The lowest BCUT2D eigenvalue weighted by atomic mass is 9.92. The number of nitrogens with zero attached hydrogens (tertiary/aromatic N) is 4. The van der Waals surface area contributed by atoms with Crippen LogP contribution in [0.3, 0.4) is 0 Å². The number of sulfonamides is 1. The molecule has 7 rings (SSSR count). The standard InChI is InChI=1S/C28H27F2N5O5S2/c1-42(39,40)31-15-10-16-12-33-23(13-32(16)11-15)35(34-9-8-21(36)27(37)26(34)28(33)38)25-17-6-7-20(29)24(30)19(17)14-41-22-5-3-2-4-18(22)25/h2-9,15-16,23,25,31,37H,10-14H2,1H3/t15?,16?,23-,25+/m1/s1. The summed E-state index contributed by atoms with van der Waals surface area (Å²) in [5, 5.41) is 12.7. The van der Waals surface area contributed by atoms with Gasteiger partial charge in [-0.1, -0.05) is 24.3 Å². The van der Waals surface area contributed by atoms with Crippen LogP contribution in [0.5, 0.6) is 5.75 Å². The lowest BCUT2D eigenvalue weighted by Crippen LogP contribution is -2.70. The summed E-state index contributed by atoms with van der Waals surface area (Å²) in [6.45, 7) is 0.966. The first-order valence-electron chi connectivity index (χ1n) is 13.5. The summed E-state index contributed by atoms with van der Waals surface area (Å²) < 4.78 is 57.9. The third-order valence-corrected chi connectivity index (χ3v) is 10.4. The monoisotopic (exact) mass is 615 g/mol. The van der Waals surface area contributed by atoms with Crippen molar-refractivity contribution in [2.75, 3.05) is 30.9 Å². The fourth-order valence-electron chi connectivity index (χ4n) is 6.82. The van der Waals surface area contributed by atoms with Crippen molar-refractivity contribution in [1.29, 1.82) is 0 Å². The Hall–Kier alpha value is -3.46. The molecular weight excluding hydrogens is 588 g/mol. The number of pyridine rings is 1. The number of carbonyl (C=O) groups excluding carboxylic acids is 1. The molecular formula is C28H27F2N5O5S2. The van der Waals surface area contributed by atoms with Gasteiger partial charge in [0.15, 0.2) is 23.1 Å². The van der Waals surface area contributed by atoms with E-state index in [1.807, 2.05) is 29.3 Å². The lowest BCUT2D eigenvalue weighted by Gasteiger charge is -2.54. The molecule has 220 valence electrons. The number of rotatable bonds is 3. The minimum Gasteiger partial charge on any atom is -0.502 e. The average Bonchev–Trinajstić information content (AvgIpc) is 3.24. The van der Waals surface area contributed by atoms with Crippen LogP contribution in [0.4, 0.5) is 8.78 Å². The van der Waals surface area contributed by atoms with E-state index in [1.165, 1.54) is 28.7 Å². The Bertz CT molecular complexity index is 1800. The van der Waals surface area contributed by atoms with Gasteiger partial charge in [0.1, 0.15) is 6.17 Å². The van der Waals surface area contributed by atoms with E-state index in [2.05, 4.69) is 9.62 Å². The number of halogens is 2. The molecule has 10 nitrogen and oxygen atoms in total. The second-order valence-electron chi connectivity index (χ2n) is 11.1. The predicted molar refractivity (Wildman–Crippen MR) is 151 cm³/mol. The maximum Gasteiger partial charge on any atom is 0.278 e. The van der Waals surface area contributed by atoms with Crippen molar-refractivity contribution < 1.29 is 27.1 Å². The van der Waals surface area contributed by atoms with E-state index in [4.69, 9.17) is 0 Å². The van der Waals surface area contributed by atoms with Crippen LogP contribution < -0.4 is 15.2 Å². The topological polar surface area (TPSA) is 115 Å². The number of nitrogens with one attached hydrogen (secondary N) is 1. The molecule has 2 N–H and O–H groups in total. The summed E-state index contributed by atoms with van der Waals surface area (Å²) in [5.74, 6) is -2.95. The van der Waals surface area contributed by atoms with Crippen molar-refractivity contribution in [3.05, 3.63) is 92.9 Å². The Morgan fingerprint density at radius 1 is 1.02 bits per heavy atom. The highest BCUT2D eigenvalue weighted by molar-refractivity contribution is 7.98. The van der Waals surface area contributed by atoms with E-state index in [1.54, 1.807) is 11.0 Å². The molecule has 2 unspecified atom stereocenters. The number of fused-ring (bicyclic) bond motifs is 5. The Labute approximate surface area is 244 Å². The van der Waals surface area contributed by atoms with E-state index in [9.17, 15) is 27.5 Å². The third-order valence-electron chi connectivity index (χ3n) is 8.52. The Kier molecular flexibility index (Phi) is 6.38. The third kappa shape index (κ3) is 4.31. The minimum atomic E-state index is -3.46. The first-order chi connectivity index (χ1) is 20.0. The Morgan fingerprint density at radius 3 is 2.60 bits per heavy atom. The smallest absolute Gasteiger partial charge is 0.278 e. The van der Waals surface area contributed by atoms with Gasteiger partial charge >= 0.3 is 0 Å².